The zero-order valence-corrected chi connectivity index (χ0v) is 11.8. The Morgan fingerprint density at radius 3 is 2.17 bits per heavy atom. The van der Waals surface area contributed by atoms with E-state index in [-0.39, 0.29) is 4.90 Å². The summed E-state index contributed by atoms with van der Waals surface area (Å²) in [6.07, 6.45) is 0. The van der Waals surface area contributed by atoms with Gasteiger partial charge in [-0.3, -0.25) is 0 Å². The second-order valence-electron chi connectivity index (χ2n) is 3.89. The molecule has 4 heteroatoms. The minimum atomic E-state index is -4.42. The van der Waals surface area contributed by atoms with E-state index < -0.39 is 10.1 Å². The van der Waals surface area contributed by atoms with E-state index in [9.17, 15) is 13.0 Å². The summed E-state index contributed by atoms with van der Waals surface area (Å²) in [6.45, 7) is 7.67. The topological polar surface area (TPSA) is 57.2 Å². The predicted octanol–water partition coefficient (Wildman–Crippen LogP) is 3.39. The lowest BCUT2D eigenvalue weighted by Crippen LogP contribution is -2.00. The maximum absolute atomic E-state index is 11.2. The van der Waals surface area contributed by atoms with E-state index >= 15 is 0 Å². The fourth-order valence-corrected chi connectivity index (χ4v) is 2.63. The number of aryl methyl sites for hydroxylation is 2. The third-order valence-corrected chi connectivity index (χ3v) is 3.47. The summed E-state index contributed by atoms with van der Waals surface area (Å²) in [6, 6.07) is 8.61. The fraction of sp³-hybridized carbons (Fsp3) is 0.286. The van der Waals surface area contributed by atoms with E-state index in [2.05, 4.69) is 0 Å². The maximum atomic E-state index is 11.2. The SMILES string of the molecule is CC.Cc1cc(S(=O)(=O)[O-])c2cccc(C)c2c1. The molecule has 0 saturated carbocycles. The van der Waals surface area contributed by atoms with E-state index in [0.717, 1.165) is 16.5 Å². The summed E-state index contributed by atoms with van der Waals surface area (Å²) in [5.41, 5.74) is 1.74. The molecule has 0 aliphatic rings. The molecule has 98 valence electrons. The van der Waals surface area contributed by atoms with Gasteiger partial charge in [-0.05, 0) is 41.8 Å². The molecule has 0 heterocycles. The number of benzene rings is 2. The minimum Gasteiger partial charge on any atom is -0.744 e. The Bertz CT molecular complexity index is 658. The first-order valence-electron chi connectivity index (χ1n) is 5.85. The zero-order valence-electron chi connectivity index (χ0n) is 11.0. The molecular formula is C14H17O3S-. The third-order valence-electron chi connectivity index (χ3n) is 2.59. The first kappa shape index (κ1) is 14.7. The average molecular weight is 265 g/mol. The van der Waals surface area contributed by atoms with Crippen molar-refractivity contribution in [2.75, 3.05) is 0 Å². The van der Waals surface area contributed by atoms with Gasteiger partial charge in [0.2, 0.25) is 0 Å². The molecular weight excluding hydrogens is 248 g/mol. The molecule has 18 heavy (non-hydrogen) atoms. The van der Waals surface area contributed by atoms with Crippen molar-refractivity contribution in [3.05, 3.63) is 41.5 Å². The predicted molar refractivity (Wildman–Crippen MR) is 72.7 cm³/mol. The Morgan fingerprint density at radius 1 is 1.00 bits per heavy atom. The highest BCUT2D eigenvalue weighted by Gasteiger charge is 2.09. The molecule has 2 aromatic carbocycles. The normalized spacial score (nSPS) is 10.9. The molecule has 2 rings (SSSR count). The fourth-order valence-electron chi connectivity index (χ4n) is 1.85. The van der Waals surface area contributed by atoms with Crippen LogP contribution in [0.1, 0.15) is 25.0 Å². The van der Waals surface area contributed by atoms with E-state index in [1.54, 1.807) is 19.1 Å². The quantitative estimate of drug-likeness (QED) is 0.743. The standard InChI is InChI=1S/C12H12O3S.C2H6/c1-8-6-11-9(2)4-3-5-10(11)12(7-8)16(13,14)15;1-2/h3-7H,1-2H3,(H,13,14,15);1-2H3/p-1. The summed E-state index contributed by atoms with van der Waals surface area (Å²) in [7, 11) is -4.42. The number of hydrogen-bond donors (Lipinski definition) is 0. The monoisotopic (exact) mass is 265 g/mol. The molecule has 0 aliphatic heterocycles. The average Bonchev–Trinajstić information content (AvgIpc) is 2.31. The van der Waals surface area contributed by atoms with Gasteiger partial charge in [0.05, 0.1) is 4.90 Å². The molecule has 3 nitrogen and oxygen atoms in total. The van der Waals surface area contributed by atoms with E-state index in [1.807, 2.05) is 32.9 Å². The van der Waals surface area contributed by atoms with Gasteiger partial charge >= 0.3 is 0 Å². The highest BCUT2D eigenvalue weighted by molar-refractivity contribution is 7.86. The molecule has 0 saturated heterocycles. The molecule has 0 aromatic heterocycles. The Hall–Kier alpha value is -1.39. The van der Waals surface area contributed by atoms with Gasteiger partial charge in [-0.1, -0.05) is 38.1 Å². The zero-order chi connectivity index (χ0) is 13.9. The van der Waals surface area contributed by atoms with Crippen molar-refractivity contribution >= 4 is 20.9 Å². The van der Waals surface area contributed by atoms with Gasteiger partial charge in [-0.2, -0.15) is 0 Å². The van der Waals surface area contributed by atoms with Gasteiger partial charge in [0.25, 0.3) is 0 Å². The molecule has 0 atom stereocenters. The number of fused-ring (bicyclic) bond motifs is 1. The van der Waals surface area contributed by atoms with Crippen LogP contribution < -0.4 is 0 Å². The Balaban J connectivity index is 0.000000771. The Kier molecular flexibility index (Phi) is 4.48. The molecule has 0 fully saturated rings. The summed E-state index contributed by atoms with van der Waals surface area (Å²) >= 11 is 0. The highest BCUT2D eigenvalue weighted by atomic mass is 32.2. The molecule has 0 aliphatic carbocycles. The lowest BCUT2D eigenvalue weighted by Gasteiger charge is -2.13. The lowest BCUT2D eigenvalue weighted by molar-refractivity contribution is 0.464. The smallest absolute Gasteiger partial charge is 0.125 e. The van der Waals surface area contributed by atoms with Crippen LogP contribution >= 0.6 is 0 Å². The first-order valence-corrected chi connectivity index (χ1v) is 7.26. The Labute approximate surface area is 108 Å². The van der Waals surface area contributed by atoms with Crippen LogP contribution in [0.4, 0.5) is 0 Å². The van der Waals surface area contributed by atoms with Gasteiger partial charge in [-0.15, -0.1) is 0 Å². The summed E-state index contributed by atoms with van der Waals surface area (Å²) in [5, 5.41) is 1.32. The number of hydrogen-bond acceptors (Lipinski definition) is 3. The highest BCUT2D eigenvalue weighted by Crippen LogP contribution is 2.26. The van der Waals surface area contributed by atoms with Crippen molar-refractivity contribution in [1.82, 2.24) is 0 Å². The second-order valence-corrected chi connectivity index (χ2v) is 5.24. The van der Waals surface area contributed by atoms with Gasteiger partial charge in [0.15, 0.2) is 0 Å². The van der Waals surface area contributed by atoms with Gasteiger partial charge in [-0.25, -0.2) is 8.42 Å². The molecule has 0 amide bonds. The summed E-state index contributed by atoms with van der Waals surface area (Å²) in [4.78, 5) is -0.133. The molecule has 2 aromatic rings. The van der Waals surface area contributed by atoms with Crippen molar-refractivity contribution in [2.45, 2.75) is 32.6 Å². The third kappa shape index (κ3) is 2.89. The maximum Gasteiger partial charge on any atom is 0.125 e. The van der Waals surface area contributed by atoms with Crippen LogP contribution in [0.5, 0.6) is 0 Å². The van der Waals surface area contributed by atoms with Crippen molar-refractivity contribution in [1.29, 1.82) is 0 Å². The van der Waals surface area contributed by atoms with Crippen LogP contribution in [0.25, 0.3) is 10.8 Å². The second kappa shape index (κ2) is 5.50. The first-order chi connectivity index (χ1) is 8.39. The lowest BCUT2D eigenvalue weighted by atomic mass is 10.0. The van der Waals surface area contributed by atoms with Crippen molar-refractivity contribution < 1.29 is 13.0 Å². The van der Waals surface area contributed by atoms with E-state index in [4.69, 9.17) is 0 Å². The molecule has 0 bridgehead atoms. The van der Waals surface area contributed by atoms with Crippen molar-refractivity contribution in [2.24, 2.45) is 0 Å². The molecule has 0 unspecified atom stereocenters. The van der Waals surface area contributed by atoms with Crippen LogP contribution in [0, 0.1) is 13.8 Å². The summed E-state index contributed by atoms with van der Waals surface area (Å²) in [5.74, 6) is 0. The number of rotatable bonds is 1. The van der Waals surface area contributed by atoms with Crippen LogP contribution in [0.15, 0.2) is 35.2 Å². The van der Waals surface area contributed by atoms with Crippen LogP contribution in [0.3, 0.4) is 0 Å². The molecule has 0 spiro atoms. The van der Waals surface area contributed by atoms with Crippen LogP contribution in [-0.4, -0.2) is 13.0 Å². The molecule has 0 radical (unpaired) electrons. The summed E-state index contributed by atoms with van der Waals surface area (Å²) < 4.78 is 33.5. The van der Waals surface area contributed by atoms with Gasteiger partial charge in [0.1, 0.15) is 10.1 Å². The molecule has 0 N–H and O–H groups in total. The van der Waals surface area contributed by atoms with Crippen LogP contribution in [0.2, 0.25) is 0 Å². The Morgan fingerprint density at radius 2 is 1.61 bits per heavy atom. The van der Waals surface area contributed by atoms with Gasteiger partial charge in [0, 0.05) is 0 Å². The van der Waals surface area contributed by atoms with Crippen molar-refractivity contribution in [3.63, 3.8) is 0 Å². The van der Waals surface area contributed by atoms with Crippen molar-refractivity contribution in [3.8, 4) is 0 Å². The van der Waals surface area contributed by atoms with E-state index in [1.165, 1.54) is 6.07 Å². The van der Waals surface area contributed by atoms with E-state index in [0.29, 0.717) is 5.39 Å². The van der Waals surface area contributed by atoms with Gasteiger partial charge < -0.3 is 4.55 Å². The minimum absolute atomic E-state index is 0.133. The largest absolute Gasteiger partial charge is 0.744 e. The van der Waals surface area contributed by atoms with Crippen LogP contribution in [-0.2, 0) is 10.1 Å².